The van der Waals surface area contributed by atoms with Gasteiger partial charge in [0, 0.05) is 5.39 Å². The van der Waals surface area contributed by atoms with Crippen LogP contribution in [0.25, 0.3) is 22.1 Å². The topological polar surface area (TPSA) is 62.8 Å². The van der Waals surface area contributed by atoms with Crippen molar-refractivity contribution in [2.45, 2.75) is 0 Å². The molecule has 1 aromatic heterocycles. The van der Waals surface area contributed by atoms with Crippen LogP contribution in [-0.4, -0.2) is 5.11 Å². The third-order valence-electron chi connectivity index (χ3n) is 2.87. The second kappa shape index (κ2) is 4.00. The van der Waals surface area contributed by atoms with Crippen molar-refractivity contribution in [3.05, 3.63) is 53.6 Å². The average Bonchev–Trinajstić information content (AvgIpc) is 2.88. The summed E-state index contributed by atoms with van der Waals surface area (Å²) in [5, 5.41) is 13.1. The summed E-state index contributed by atoms with van der Waals surface area (Å²) in [5.41, 5.74) is 2.65. The fourth-order valence-corrected chi connectivity index (χ4v) is 2.01. The smallest absolute Gasteiger partial charge is 0.163 e. The van der Waals surface area contributed by atoms with Gasteiger partial charge in [0.1, 0.15) is 5.75 Å². The molecule has 0 radical (unpaired) electrons. The van der Waals surface area contributed by atoms with Gasteiger partial charge in [0.2, 0.25) is 0 Å². The molecule has 0 unspecified atom stereocenters. The maximum absolute atomic E-state index is 10.7. The van der Waals surface area contributed by atoms with Gasteiger partial charge in [-0.05, 0) is 40.6 Å². The molecule has 0 amide bonds. The highest BCUT2D eigenvalue weighted by atomic mass is 16.3. The van der Waals surface area contributed by atoms with Crippen LogP contribution in [0.2, 0.25) is 0 Å². The molecule has 0 bridgehead atoms. The summed E-state index contributed by atoms with van der Waals surface area (Å²) in [4.78, 5) is 10.7. The highest BCUT2D eigenvalue weighted by Gasteiger charge is 2.10. The number of nitroso groups, excluding NO2 is 1. The van der Waals surface area contributed by atoms with E-state index in [9.17, 15) is 10.0 Å². The van der Waals surface area contributed by atoms with Crippen LogP contribution in [0.15, 0.2) is 58.3 Å². The molecule has 0 aliphatic rings. The molecule has 0 atom stereocenters. The predicted molar refractivity (Wildman–Crippen MR) is 68.8 cm³/mol. The maximum Gasteiger partial charge on any atom is 0.163 e. The monoisotopic (exact) mass is 239 g/mol. The first-order chi connectivity index (χ1) is 8.79. The minimum atomic E-state index is 0.216. The summed E-state index contributed by atoms with van der Waals surface area (Å²) in [5.74, 6) is 0.216. The largest absolute Gasteiger partial charge is 0.508 e. The molecular formula is C14H9NO3. The van der Waals surface area contributed by atoms with E-state index in [-0.39, 0.29) is 11.4 Å². The van der Waals surface area contributed by atoms with Gasteiger partial charge in [-0.1, -0.05) is 18.2 Å². The van der Waals surface area contributed by atoms with E-state index in [4.69, 9.17) is 4.42 Å². The van der Waals surface area contributed by atoms with Gasteiger partial charge in [0.25, 0.3) is 0 Å². The Morgan fingerprint density at radius 2 is 1.78 bits per heavy atom. The minimum Gasteiger partial charge on any atom is -0.508 e. The van der Waals surface area contributed by atoms with Crippen molar-refractivity contribution in [3.63, 3.8) is 0 Å². The molecule has 0 spiro atoms. The van der Waals surface area contributed by atoms with Gasteiger partial charge >= 0.3 is 0 Å². The van der Waals surface area contributed by atoms with Crippen molar-refractivity contribution < 1.29 is 9.52 Å². The molecule has 0 saturated heterocycles. The van der Waals surface area contributed by atoms with E-state index in [0.717, 1.165) is 16.5 Å². The van der Waals surface area contributed by atoms with Crippen LogP contribution >= 0.6 is 0 Å². The molecule has 1 N–H and O–H groups in total. The number of phenolic OH excluding ortho intramolecular Hbond substituents is 1. The van der Waals surface area contributed by atoms with Crippen molar-refractivity contribution in [2.24, 2.45) is 5.18 Å². The highest BCUT2D eigenvalue weighted by Crippen LogP contribution is 2.35. The summed E-state index contributed by atoms with van der Waals surface area (Å²) in [7, 11) is 0. The molecule has 0 saturated carbocycles. The Balaban J connectivity index is 2.27. The lowest BCUT2D eigenvalue weighted by Crippen LogP contribution is -1.78. The molecular weight excluding hydrogens is 230 g/mol. The number of rotatable bonds is 2. The third kappa shape index (κ3) is 1.55. The van der Waals surface area contributed by atoms with E-state index in [1.54, 1.807) is 24.3 Å². The maximum atomic E-state index is 10.7. The number of phenols is 1. The molecule has 3 aromatic rings. The average molecular weight is 239 g/mol. The number of fused-ring (bicyclic) bond motifs is 1. The fourth-order valence-electron chi connectivity index (χ4n) is 2.01. The van der Waals surface area contributed by atoms with E-state index in [1.165, 1.54) is 6.26 Å². The van der Waals surface area contributed by atoms with Gasteiger partial charge in [-0.25, -0.2) is 0 Å². The van der Waals surface area contributed by atoms with E-state index in [1.807, 2.05) is 18.2 Å². The zero-order valence-electron chi connectivity index (χ0n) is 9.33. The lowest BCUT2D eigenvalue weighted by molar-refractivity contribution is 0.475. The molecule has 88 valence electrons. The van der Waals surface area contributed by atoms with Crippen LogP contribution in [0, 0.1) is 4.91 Å². The number of hydrogen-bond acceptors (Lipinski definition) is 4. The SMILES string of the molecule is O=Nc1ccc(-c2ccc(O)cc2)c2ccoc12. The van der Waals surface area contributed by atoms with Gasteiger partial charge in [0.05, 0.1) is 6.26 Å². The van der Waals surface area contributed by atoms with E-state index >= 15 is 0 Å². The van der Waals surface area contributed by atoms with Crippen molar-refractivity contribution >= 4 is 16.7 Å². The molecule has 0 aliphatic heterocycles. The van der Waals surface area contributed by atoms with Crippen LogP contribution in [0.5, 0.6) is 5.75 Å². The van der Waals surface area contributed by atoms with Crippen LogP contribution < -0.4 is 0 Å². The third-order valence-corrected chi connectivity index (χ3v) is 2.87. The van der Waals surface area contributed by atoms with Gasteiger partial charge in [0.15, 0.2) is 11.3 Å². The Kier molecular flexibility index (Phi) is 2.34. The number of nitrogens with zero attached hydrogens (tertiary/aromatic N) is 1. The number of aromatic hydroxyl groups is 1. The first-order valence-electron chi connectivity index (χ1n) is 5.42. The first kappa shape index (κ1) is 10.5. The second-order valence-electron chi connectivity index (χ2n) is 3.93. The van der Waals surface area contributed by atoms with Crippen LogP contribution in [0.4, 0.5) is 5.69 Å². The highest BCUT2D eigenvalue weighted by molar-refractivity contribution is 5.99. The molecule has 1 heterocycles. The summed E-state index contributed by atoms with van der Waals surface area (Å²) >= 11 is 0. The van der Waals surface area contributed by atoms with E-state index in [0.29, 0.717) is 5.58 Å². The Bertz CT molecular complexity index is 713. The van der Waals surface area contributed by atoms with Gasteiger partial charge < -0.3 is 9.52 Å². The zero-order chi connectivity index (χ0) is 12.5. The van der Waals surface area contributed by atoms with Crippen molar-refractivity contribution in [1.29, 1.82) is 0 Å². The van der Waals surface area contributed by atoms with E-state index < -0.39 is 0 Å². The molecule has 4 nitrogen and oxygen atoms in total. The van der Waals surface area contributed by atoms with Crippen LogP contribution in [-0.2, 0) is 0 Å². The van der Waals surface area contributed by atoms with Crippen molar-refractivity contribution in [3.8, 4) is 16.9 Å². The standard InChI is InChI=1S/C14H9NO3/c16-10-3-1-9(2-4-10)11-5-6-13(15-17)14-12(11)7-8-18-14/h1-8,16H. The lowest BCUT2D eigenvalue weighted by atomic mass is 10.0. The number of furan rings is 1. The summed E-state index contributed by atoms with van der Waals surface area (Å²) in [6.07, 6.45) is 1.53. The van der Waals surface area contributed by atoms with Gasteiger partial charge in [-0.3, -0.25) is 0 Å². The quantitative estimate of drug-likeness (QED) is 0.681. The normalized spacial score (nSPS) is 10.7. The molecule has 0 fully saturated rings. The van der Waals surface area contributed by atoms with Crippen LogP contribution in [0.3, 0.4) is 0 Å². The lowest BCUT2D eigenvalue weighted by Gasteiger charge is -2.04. The zero-order valence-corrected chi connectivity index (χ0v) is 9.33. The predicted octanol–water partition coefficient (Wildman–Crippen LogP) is 4.20. The van der Waals surface area contributed by atoms with Crippen molar-refractivity contribution in [2.75, 3.05) is 0 Å². The Morgan fingerprint density at radius 1 is 1.00 bits per heavy atom. The minimum absolute atomic E-state index is 0.216. The Hall–Kier alpha value is -2.62. The fraction of sp³-hybridized carbons (Fsp3) is 0. The second-order valence-corrected chi connectivity index (χ2v) is 3.93. The summed E-state index contributed by atoms with van der Waals surface area (Å²) < 4.78 is 5.28. The van der Waals surface area contributed by atoms with Crippen molar-refractivity contribution in [1.82, 2.24) is 0 Å². The summed E-state index contributed by atoms with van der Waals surface area (Å²) in [6.45, 7) is 0. The summed E-state index contributed by atoms with van der Waals surface area (Å²) in [6, 6.07) is 12.1. The Labute approximate surface area is 102 Å². The molecule has 4 heteroatoms. The molecule has 18 heavy (non-hydrogen) atoms. The van der Waals surface area contributed by atoms with Gasteiger partial charge in [-0.15, -0.1) is 4.91 Å². The number of benzene rings is 2. The number of hydrogen-bond donors (Lipinski definition) is 1. The van der Waals surface area contributed by atoms with Crippen LogP contribution in [0.1, 0.15) is 0 Å². The molecule has 0 aliphatic carbocycles. The molecule has 2 aromatic carbocycles. The first-order valence-corrected chi connectivity index (χ1v) is 5.42. The molecule has 3 rings (SSSR count). The Morgan fingerprint density at radius 3 is 2.50 bits per heavy atom. The van der Waals surface area contributed by atoms with E-state index in [2.05, 4.69) is 5.18 Å². The van der Waals surface area contributed by atoms with Gasteiger partial charge in [-0.2, -0.15) is 0 Å².